The second kappa shape index (κ2) is 7.81. The van der Waals surface area contributed by atoms with Gasteiger partial charge in [-0.3, -0.25) is 4.98 Å². The van der Waals surface area contributed by atoms with Crippen LogP contribution in [0.25, 0.3) is 0 Å². The first-order valence-corrected chi connectivity index (χ1v) is 5.67. The number of ether oxygens (including phenoxy) is 1. The van der Waals surface area contributed by atoms with E-state index in [9.17, 15) is 0 Å². The minimum Gasteiger partial charge on any atom is -0.383 e. The van der Waals surface area contributed by atoms with E-state index in [1.807, 2.05) is 7.05 Å². The van der Waals surface area contributed by atoms with Gasteiger partial charge in [-0.25, -0.2) is 4.98 Å². The smallest absolute Gasteiger partial charge is 0.147 e. The largest absolute Gasteiger partial charge is 0.383 e. The lowest BCUT2D eigenvalue weighted by Gasteiger charge is -2.16. The van der Waals surface area contributed by atoms with E-state index in [1.54, 1.807) is 19.5 Å². The Morgan fingerprint density at radius 3 is 2.76 bits per heavy atom. The van der Waals surface area contributed by atoms with Gasteiger partial charge in [-0.15, -0.1) is 0 Å². The van der Waals surface area contributed by atoms with Gasteiger partial charge in [-0.1, -0.05) is 0 Å². The quantitative estimate of drug-likeness (QED) is 0.689. The van der Waals surface area contributed by atoms with E-state index in [4.69, 9.17) is 4.74 Å². The van der Waals surface area contributed by atoms with E-state index in [0.29, 0.717) is 0 Å². The molecule has 0 unspecified atom stereocenters. The predicted molar refractivity (Wildman–Crippen MR) is 69.4 cm³/mol. The summed E-state index contributed by atoms with van der Waals surface area (Å²) in [6.07, 6.45) is 3.41. The Hall–Kier alpha value is -1.40. The average Bonchev–Trinajstić information content (AvgIpc) is 2.36. The number of nitrogens with zero attached hydrogens (tertiary/aromatic N) is 3. The molecule has 0 aliphatic rings. The molecule has 0 saturated heterocycles. The minimum absolute atomic E-state index is 0.756. The van der Waals surface area contributed by atoms with Gasteiger partial charge in [-0.2, -0.15) is 0 Å². The molecule has 96 valence electrons. The highest BCUT2D eigenvalue weighted by molar-refractivity contribution is 5.40. The van der Waals surface area contributed by atoms with Gasteiger partial charge in [-0.05, 0) is 7.05 Å². The number of likely N-dealkylation sites (N-methyl/N-ethyl adjacent to an activating group) is 1. The fourth-order valence-electron chi connectivity index (χ4n) is 1.31. The fraction of sp³-hybridized carbons (Fsp3) is 0.636. The number of nitrogens with one attached hydrogen (secondary N) is 2. The Kier molecular flexibility index (Phi) is 6.27. The summed E-state index contributed by atoms with van der Waals surface area (Å²) in [4.78, 5) is 10.6. The zero-order valence-corrected chi connectivity index (χ0v) is 10.7. The number of methoxy groups -OCH3 is 1. The maximum absolute atomic E-state index is 5.01. The van der Waals surface area contributed by atoms with Crippen molar-refractivity contribution in [2.24, 2.45) is 0 Å². The van der Waals surface area contributed by atoms with E-state index in [0.717, 1.165) is 37.9 Å². The van der Waals surface area contributed by atoms with Gasteiger partial charge < -0.3 is 20.3 Å². The maximum atomic E-state index is 5.01. The van der Waals surface area contributed by atoms with Crippen LogP contribution < -0.4 is 10.6 Å². The van der Waals surface area contributed by atoms with Gasteiger partial charge in [0.15, 0.2) is 0 Å². The van der Waals surface area contributed by atoms with Crippen molar-refractivity contribution in [3.8, 4) is 0 Å². The van der Waals surface area contributed by atoms with E-state index in [2.05, 4.69) is 32.5 Å². The lowest BCUT2D eigenvalue weighted by molar-refractivity contribution is 0.163. The summed E-state index contributed by atoms with van der Waals surface area (Å²) >= 11 is 0. The first kappa shape index (κ1) is 13.7. The molecular formula is C11H21N5O. The third kappa shape index (κ3) is 5.46. The number of hydrogen-bond acceptors (Lipinski definition) is 6. The molecule has 0 saturated carbocycles. The molecule has 0 amide bonds. The van der Waals surface area contributed by atoms with E-state index < -0.39 is 0 Å². The molecule has 0 fully saturated rings. The molecule has 0 atom stereocenters. The van der Waals surface area contributed by atoms with Gasteiger partial charge in [0, 0.05) is 33.8 Å². The van der Waals surface area contributed by atoms with Crippen LogP contribution >= 0.6 is 0 Å². The Bertz CT molecular complexity index is 320. The number of aromatic nitrogens is 2. The summed E-state index contributed by atoms with van der Waals surface area (Å²) in [5.41, 5.74) is 0. The minimum atomic E-state index is 0.756. The Morgan fingerprint density at radius 1 is 1.29 bits per heavy atom. The monoisotopic (exact) mass is 239 g/mol. The SMILES string of the molecule is CNc1cncc(NCCN(C)CCOC)n1. The molecule has 0 aromatic carbocycles. The van der Waals surface area contributed by atoms with Gasteiger partial charge in [0.2, 0.25) is 0 Å². The summed E-state index contributed by atoms with van der Waals surface area (Å²) in [6, 6.07) is 0. The highest BCUT2D eigenvalue weighted by Crippen LogP contribution is 2.04. The van der Waals surface area contributed by atoms with Crippen LogP contribution in [-0.2, 0) is 4.74 Å². The second-order valence-electron chi connectivity index (χ2n) is 3.76. The third-order valence-electron chi connectivity index (χ3n) is 2.37. The van der Waals surface area contributed by atoms with Crippen LogP contribution in [0, 0.1) is 0 Å². The summed E-state index contributed by atoms with van der Waals surface area (Å²) in [6.45, 7) is 3.46. The summed E-state index contributed by atoms with van der Waals surface area (Å²) < 4.78 is 5.01. The molecule has 0 aliphatic heterocycles. The number of hydrogen-bond donors (Lipinski definition) is 2. The molecule has 1 heterocycles. The van der Waals surface area contributed by atoms with E-state index >= 15 is 0 Å². The van der Waals surface area contributed by atoms with Crippen LogP contribution in [0.5, 0.6) is 0 Å². The molecule has 0 bridgehead atoms. The van der Waals surface area contributed by atoms with Crippen molar-refractivity contribution in [3.05, 3.63) is 12.4 Å². The third-order valence-corrected chi connectivity index (χ3v) is 2.37. The highest BCUT2D eigenvalue weighted by atomic mass is 16.5. The second-order valence-corrected chi connectivity index (χ2v) is 3.76. The van der Waals surface area contributed by atoms with Crippen LogP contribution in [0.2, 0.25) is 0 Å². The zero-order chi connectivity index (χ0) is 12.5. The van der Waals surface area contributed by atoms with Gasteiger partial charge >= 0.3 is 0 Å². The fourth-order valence-corrected chi connectivity index (χ4v) is 1.31. The molecule has 6 heteroatoms. The summed E-state index contributed by atoms with van der Waals surface area (Å²) in [5.74, 6) is 1.56. The van der Waals surface area contributed by atoms with Crippen LogP contribution in [0.3, 0.4) is 0 Å². The normalized spacial score (nSPS) is 10.6. The molecule has 0 aliphatic carbocycles. The number of rotatable bonds is 8. The molecule has 1 rings (SSSR count). The van der Waals surface area contributed by atoms with Gasteiger partial charge in [0.1, 0.15) is 11.6 Å². The lowest BCUT2D eigenvalue weighted by atomic mass is 10.5. The summed E-state index contributed by atoms with van der Waals surface area (Å²) in [7, 11) is 5.60. The van der Waals surface area contributed by atoms with Crippen LogP contribution in [0.1, 0.15) is 0 Å². The van der Waals surface area contributed by atoms with E-state index in [1.165, 1.54) is 0 Å². The van der Waals surface area contributed by atoms with Crippen molar-refractivity contribution >= 4 is 11.6 Å². The molecule has 0 radical (unpaired) electrons. The van der Waals surface area contributed by atoms with Crippen LogP contribution in [0.4, 0.5) is 11.6 Å². The standard InChI is InChI=1S/C11H21N5O/c1-12-10-8-13-9-11(15-10)14-4-5-16(2)6-7-17-3/h8-9H,4-7H2,1-3H3,(H2,12,14,15). The predicted octanol–water partition coefficient (Wildman–Crippen LogP) is 0.508. The number of anilines is 2. The molecule has 1 aromatic rings. The lowest BCUT2D eigenvalue weighted by Crippen LogP contribution is -2.28. The molecule has 17 heavy (non-hydrogen) atoms. The first-order valence-electron chi connectivity index (χ1n) is 5.67. The van der Waals surface area contributed by atoms with Crippen molar-refractivity contribution in [1.29, 1.82) is 0 Å². The van der Waals surface area contributed by atoms with Crippen molar-refractivity contribution < 1.29 is 4.74 Å². The summed E-state index contributed by atoms with van der Waals surface area (Å²) in [5, 5.41) is 6.18. The van der Waals surface area contributed by atoms with E-state index in [-0.39, 0.29) is 0 Å². The zero-order valence-electron chi connectivity index (χ0n) is 10.7. The van der Waals surface area contributed by atoms with Gasteiger partial charge in [0.25, 0.3) is 0 Å². The average molecular weight is 239 g/mol. The Labute approximate surface area is 102 Å². The molecule has 1 aromatic heterocycles. The topological polar surface area (TPSA) is 62.3 Å². The van der Waals surface area contributed by atoms with Crippen molar-refractivity contribution in [2.45, 2.75) is 0 Å². The first-order chi connectivity index (χ1) is 8.26. The van der Waals surface area contributed by atoms with Gasteiger partial charge in [0.05, 0.1) is 19.0 Å². The van der Waals surface area contributed by atoms with Crippen molar-refractivity contribution in [3.63, 3.8) is 0 Å². The Balaban J connectivity index is 2.25. The van der Waals surface area contributed by atoms with Crippen molar-refractivity contribution in [2.75, 3.05) is 58.1 Å². The molecular weight excluding hydrogens is 218 g/mol. The maximum Gasteiger partial charge on any atom is 0.147 e. The molecule has 6 nitrogen and oxygen atoms in total. The highest BCUT2D eigenvalue weighted by Gasteiger charge is 1.99. The van der Waals surface area contributed by atoms with Crippen LogP contribution in [0.15, 0.2) is 12.4 Å². The molecule has 2 N–H and O–H groups in total. The molecule has 0 spiro atoms. The van der Waals surface area contributed by atoms with Crippen molar-refractivity contribution in [1.82, 2.24) is 14.9 Å². The van der Waals surface area contributed by atoms with Crippen LogP contribution in [-0.4, -0.2) is 62.3 Å². The Morgan fingerprint density at radius 2 is 2.06 bits per heavy atom.